The Bertz CT molecular complexity index is 589. The van der Waals surface area contributed by atoms with E-state index in [0.29, 0.717) is 0 Å². The lowest BCUT2D eigenvalue weighted by atomic mass is 10.3. The molecule has 0 aliphatic heterocycles. The zero-order chi connectivity index (χ0) is 13.1. The number of nitro benzene ring substituents is 1. The Hall–Kier alpha value is -0.600. The molecule has 0 N–H and O–H groups in total. The third kappa shape index (κ3) is 3.46. The summed E-state index contributed by atoms with van der Waals surface area (Å²) in [5, 5.41) is 10.6. The highest BCUT2D eigenvalue weighted by atomic mass is 127. The monoisotopic (exact) mass is 435 g/mol. The maximum atomic E-state index is 10.6. The highest BCUT2D eigenvalue weighted by Gasteiger charge is 2.09. The molecule has 0 aliphatic carbocycles. The van der Waals surface area contributed by atoms with Crippen molar-refractivity contribution < 1.29 is 4.92 Å². The van der Waals surface area contributed by atoms with Crippen LogP contribution in [0.25, 0.3) is 0 Å². The Morgan fingerprint density at radius 3 is 2.39 bits per heavy atom. The second-order valence-electron chi connectivity index (χ2n) is 3.43. The van der Waals surface area contributed by atoms with E-state index in [9.17, 15) is 10.1 Å². The van der Waals surface area contributed by atoms with Crippen molar-refractivity contribution in [2.75, 3.05) is 0 Å². The molecule has 6 heteroatoms. The number of nitro groups is 1. The standard InChI is InChI=1S/C12H7BrINO2S/c13-11-7-9(15(16)17)3-6-12(11)18-10-4-1-8(14)2-5-10/h1-7H. The fraction of sp³-hybridized carbons (Fsp3) is 0. The number of non-ortho nitro benzene ring substituents is 1. The summed E-state index contributed by atoms with van der Waals surface area (Å²) in [5.74, 6) is 0. The van der Waals surface area contributed by atoms with Crippen molar-refractivity contribution in [3.8, 4) is 0 Å². The summed E-state index contributed by atoms with van der Waals surface area (Å²) < 4.78 is 1.92. The van der Waals surface area contributed by atoms with Crippen molar-refractivity contribution >= 4 is 56.0 Å². The number of hydrogen-bond donors (Lipinski definition) is 0. The van der Waals surface area contributed by atoms with Gasteiger partial charge < -0.3 is 0 Å². The van der Waals surface area contributed by atoms with Crippen molar-refractivity contribution in [1.82, 2.24) is 0 Å². The average Bonchev–Trinajstić information content (AvgIpc) is 2.34. The Morgan fingerprint density at radius 2 is 1.83 bits per heavy atom. The van der Waals surface area contributed by atoms with Crippen LogP contribution in [0.3, 0.4) is 0 Å². The lowest BCUT2D eigenvalue weighted by Gasteiger charge is -2.04. The van der Waals surface area contributed by atoms with Gasteiger partial charge in [-0.15, -0.1) is 0 Å². The molecule has 0 aliphatic rings. The van der Waals surface area contributed by atoms with Crippen LogP contribution in [0.1, 0.15) is 0 Å². The van der Waals surface area contributed by atoms with E-state index < -0.39 is 4.92 Å². The first-order chi connectivity index (χ1) is 8.56. The van der Waals surface area contributed by atoms with Crippen LogP contribution in [0.5, 0.6) is 0 Å². The Kier molecular flexibility index (Phi) is 4.63. The predicted octanol–water partition coefficient (Wildman–Crippen LogP) is 5.11. The maximum Gasteiger partial charge on any atom is 0.270 e. The molecule has 3 nitrogen and oxygen atoms in total. The van der Waals surface area contributed by atoms with E-state index in [1.54, 1.807) is 17.8 Å². The summed E-state index contributed by atoms with van der Waals surface area (Å²) in [4.78, 5) is 12.3. The third-order valence-electron chi connectivity index (χ3n) is 2.17. The minimum atomic E-state index is -0.399. The van der Waals surface area contributed by atoms with Gasteiger partial charge in [0.1, 0.15) is 0 Å². The van der Waals surface area contributed by atoms with Crippen LogP contribution in [0.4, 0.5) is 5.69 Å². The van der Waals surface area contributed by atoms with E-state index in [-0.39, 0.29) is 5.69 Å². The molecule has 2 rings (SSSR count). The van der Waals surface area contributed by atoms with Crippen LogP contribution >= 0.6 is 50.3 Å². The van der Waals surface area contributed by atoms with Gasteiger partial charge in [0.15, 0.2) is 0 Å². The Labute approximate surface area is 130 Å². The fourth-order valence-corrected chi connectivity index (χ4v) is 3.10. The zero-order valence-corrected chi connectivity index (χ0v) is 13.5. The minimum Gasteiger partial charge on any atom is -0.258 e. The van der Waals surface area contributed by atoms with Gasteiger partial charge in [0.05, 0.1) is 4.92 Å². The van der Waals surface area contributed by atoms with Gasteiger partial charge in [0, 0.05) is 30.0 Å². The Balaban J connectivity index is 2.24. The van der Waals surface area contributed by atoms with Crippen LogP contribution in [0.2, 0.25) is 0 Å². The number of rotatable bonds is 3. The first kappa shape index (κ1) is 13.8. The van der Waals surface area contributed by atoms with Crippen molar-refractivity contribution in [2.24, 2.45) is 0 Å². The molecule has 2 aromatic rings. The molecule has 0 fully saturated rings. The van der Waals surface area contributed by atoms with Gasteiger partial charge in [-0.05, 0) is 68.9 Å². The highest BCUT2D eigenvalue weighted by molar-refractivity contribution is 14.1. The van der Waals surface area contributed by atoms with Crippen molar-refractivity contribution in [2.45, 2.75) is 9.79 Å². The second-order valence-corrected chi connectivity index (χ2v) is 6.64. The van der Waals surface area contributed by atoms with E-state index >= 15 is 0 Å². The Morgan fingerprint density at radius 1 is 1.17 bits per heavy atom. The van der Waals surface area contributed by atoms with Crippen molar-refractivity contribution in [3.05, 3.63) is 60.6 Å². The topological polar surface area (TPSA) is 43.1 Å². The molecule has 0 saturated heterocycles. The molecular formula is C12H7BrINO2S. The molecule has 0 radical (unpaired) electrons. The van der Waals surface area contributed by atoms with E-state index in [4.69, 9.17) is 0 Å². The molecule has 0 aromatic heterocycles. The lowest BCUT2D eigenvalue weighted by Crippen LogP contribution is -1.87. The molecule has 0 bridgehead atoms. The van der Waals surface area contributed by atoms with Crippen LogP contribution in [0.15, 0.2) is 56.7 Å². The quantitative estimate of drug-likeness (QED) is 0.382. The van der Waals surface area contributed by atoms with Gasteiger partial charge in [0.2, 0.25) is 0 Å². The van der Waals surface area contributed by atoms with Crippen molar-refractivity contribution in [1.29, 1.82) is 0 Å². The number of halogens is 2. The second kappa shape index (κ2) is 6.03. The summed E-state index contributed by atoms with van der Waals surface area (Å²) in [6.07, 6.45) is 0. The molecule has 0 saturated carbocycles. The largest absolute Gasteiger partial charge is 0.270 e. The summed E-state index contributed by atoms with van der Waals surface area (Å²) >= 11 is 7.18. The summed E-state index contributed by atoms with van der Waals surface area (Å²) in [5.41, 5.74) is 0.0915. The van der Waals surface area contributed by atoms with E-state index in [1.165, 1.54) is 15.7 Å². The van der Waals surface area contributed by atoms with E-state index in [1.807, 2.05) is 24.3 Å². The minimum absolute atomic E-state index is 0.0915. The van der Waals surface area contributed by atoms with Crippen molar-refractivity contribution in [3.63, 3.8) is 0 Å². The summed E-state index contributed by atoms with van der Waals surface area (Å²) in [6, 6.07) is 12.9. The zero-order valence-electron chi connectivity index (χ0n) is 8.97. The average molecular weight is 436 g/mol. The van der Waals surface area contributed by atoms with Crippen LogP contribution < -0.4 is 0 Å². The lowest BCUT2D eigenvalue weighted by molar-refractivity contribution is -0.385. The first-order valence-electron chi connectivity index (χ1n) is 4.93. The fourth-order valence-electron chi connectivity index (χ4n) is 1.32. The van der Waals surface area contributed by atoms with Gasteiger partial charge in [-0.2, -0.15) is 0 Å². The van der Waals surface area contributed by atoms with Gasteiger partial charge in [0.25, 0.3) is 5.69 Å². The van der Waals surface area contributed by atoms with Crippen LogP contribution in [-0.4, -0.2) is 4.92 Å². The molecule has 2 aromatic carbocycles. The molecule has 0 amide bonds. The molecule has 18 heavy (non-hydrogen) atoms. The molecule has 0 atom stereocenters. The molecule has 92 valence electrons. The van der Waals surface area contributed by atoms with Gasteiger partial charge >= 0.3 is 0 Å². The molecule has 0 spiro atoms. The molecule has 0 heterocycles. The number of hydrogen-bond acceptors (Lipinski definition) is 3. The number of benzene rings is 2. The predicted molar refractivity (Wildman–Crippen MR) is 84.1 cm³/mol. The van der Waals surface area contributed by atoms with Crippen LogP contribution in [0, 0.1) is 13.7 Å². The molecule has 0 unspecified atom stereocenters. The number of nitrogens with zero attached hydrogens (tertiary/aromatic N) is 1. The normalized spacial score (nSPS) is 10.3. The van der Waals surface area contributed by atoms with E-state index in [0.717, 1.165) is 14.3 Å². The van der Waals surface area contributed by atoms with Gasteiger partial charge in [-0.25, -0.2) is 0 Å². The van der Waals surface area contributed by atoms with Crippen LogP contribution in [-0.2, 0) is 0 Å². The molecular weight excluding hydrogens is 429 g/mol. The van der Waals surface area contributed by atoms with Gasteiger partial charge in [-0.3, -0.25) is 10.1 Å². The van der Waals surface area contributed by atoms with E-state index in [2.05, 4.69) is 38.5 Å². The SMILES string of the molecule is O=[N+]([O-])c1ccc(Sc2ccc(I)cc2)c(Br)c1. The maximum absolute atomic E-state index is 10.6. The third-order valence-corrected chi connectivity index (χ3v) is 4.89. The summed E-state index contributed by atoms with van der Waals surface area (Å²) in [7, 11) is 0. The highest BCUT2D eigenvalue weighted by Crippen LogP contribution is 2.35. The first-order valence-corrected chi connectivity index (χ1v) is 7.62. The summed E-state index contributed by atoms with van der Waals surface area (Å²) in [6.45, 7) is 0. The van der Waals surface area contributed by atoms with Gasteiger partial charge in [-0.1, -0.05) is 11.8 Å². The smallest absolute Gasteiger partial charge is 0.258 e.